The molecular formula is C21H18N2O3. The van der Waals surface area contributed by atoms with Gasteiger partial charge in [-0.25, -0.2) is 0 Å². The smallest absolute Gasteiger partial charge is 0.311 e. The van der Waals surface area contributed by atoms with Gasteiger partial charge in [0.15, 0.2) is 0 Å². The Morgan fingerprint density at radius 2 is 2.04 bits per heavy atom. The minimum atomic E-state index is -0.886. The summed E-state index contributed by atoms with van der Waals surface area (Å²) in [5.41, 5.74) is 7.95. The van der Waals surface area contributed by atoms with E-state index in [9.17, 15) is 9.90 Å². The van der Waals surface area contributed by atoms with Crippen molar-refractivity contribution >= 4 is 22.6 Å². The van der Waals surface area contributed by atoms with Crippen LogP contribution in [0.2, 0.25) is 0 Å². The second-order valence-corrected chi connectivity index (χ2v) is 6.79. The van der Waals surface area contributed by atoms with Crippen molar-refractivity contribution in [2.45, 2.75) is 12.3 Å². The molecule has 1 aliphatic heterocycles. The van der Waals surface area contributed by atoms with Crippen LogP contribution >= 0.6 is 0 Å². The van der Waals surface area contributed by atoms with Crippen LogP contribution in [0.15, 0.2) is 65.1 Å². The number of nitrogens with two attached hydrogens (primary N) is 1. The zero-order valence-corrected chi connectivity index (χ0v) is 14.2. The maximum Gasteiger partial charge on any atom is 0.311 e. The predicted molar refractivity (Wildman–Crippen MR) is 99.9 cm³/mol. The molecule has 5 nitrogen and oxygen atoms in total. The lowest BCUT2D eigenvalue weighted by Crippen LogP contribution is -2.36. The van der Waals surface area contributed by atoms with E-state index in [2.05, 4.69) is 0 Å². The molecule has 2 unspecified atom stereocenters. The van der Waals surface area contributed by atoms with Crippen LogP contribution < -0.4 is 11.1 Å². The van der Waals surface area contributed by atoms with Gasteiger partial charge in [-0.15, -0.1) is 0 Å². The molecule has 1 heterocycles. The van der Waals surface area contributed by atoms with E-state index in [1.807, 2.05) is 31.2 Å². The lowest BCUT2D eigenvalue weighted by Gasteiger charge is -2.36. The van der Waals surface area contributed by atoms with Crippen molar-refractivity contribution in [3.8, 4) is 11.3 Å². The number of carboxylic acids is 1. The average molecular weight is 346 g/mol. The van der Waals surface area contributed by atoms with Crippen molar-refractivity contribution in [1.29, 1.82) is 5.41 Å². The first kappa shape index (κ1) is 16.1. The fourth-order valence-electron chi connectivity index (χ4n) is 3.80. The number of nitrogens with one attached hydrogen (secondary N) is 1. The minimum Gasteiger partial charge on any atom is -0.481 e. The first-order chi connectivity index (χ1) is 12.4. The molecule has 4 rings (SSSR count). The van der Waals surface area contributed by atoms with Crippen LogP contribution in [0.1, 0.15) is 12.5 Å². The van der Waals surface area contributed by atoms with Crippen molar-refractivity contribution in [3.05, 3.63) is 71.6 Å². The Hall–Kier alpha value is -3.34. The molecular weight excluding hydrogens is 328 g/mol. The first-order valence-electron chi connectivity index (χ1n) is 8.30. The van der Waals surface area contributed by atoms with Crippen LogP contribution in [0.25, 0.3) is 22.3 Å². The van der Waals surface area contributed by atoms with Crippen molar-refractivity contribution < 1.29 is 14.3 Å². The monoisotopic (exact) mass is 346 g/mol. The van der Waals surface area contributed by atoms with E-state index in [-0.39, 0.29) is 0 Å². The Morgan fingerprint density at radius 3 is 2.81 bits per heavy atom. The van der Waals surface area contributed by atoms with E-state index >= 15 is 0 Å². The zero-order chi connectivity index (χ0) is 18.5. The first-order valence-corrected chi connectivity index (χ1v) is 8.30. The van der Waals surface area contributed by atoms with Crippen LogP contribution in [0, 0.1) is 11.3 Å². The highest BCUT2D eigenvalue weighted by atomic mass is 16.4. The minimum absolute atomic E-state index is 0.328. The molecule has 0 amide bonds. The molecule has 2 aliphatic carbocycles. The van der Waals surface area contributed by atoms with Gasteiger partial charge >= 0.3 is 5.97 Å². The molecule has 0 saturated carbocycles. The van der Waals surface area contributed by atoms with Crippen LogP contribution in [0.3, 0.4) is 0 Å². The molecule has 0 radical (unpaired) electrons. The van der Waals surface area contributed by atoms with Gasteiger partial charge in [0.1, 0.15) is 11.3 Å². The molecule has 4 N–H and O–H groups in total. The summed E-state index contributed by atoms with van der Waals surface area (Å²) in [4.78, 5) is 12.0. The highest BCUT2D eigenvalue weighted by Gasteiger charge is 2.41. The Morgan fingerprint density at radius 1 is 1.23 bits per heavy atom. The molecule has 0 fully saturated rings. The lowest BCUT2D eigenvalue weighted by atomic mass is 9.67. The number of hydrogen-bond donors (Lipinski definition) is 3. The number of benzene rings is 2. The number of rotatable bonds is 2. The summed E-state index contributed by atoms with van der Waals surface area (Å²) in [5.74, 6) is -1.06. The number of fused-ring (bicyclic) bond motifs is 2. The molecule has 1 aromatic rings. The lowest BCUT2D eigenvalue weighted by molar-refractivity contribution is -0.141. The number of anilines is 1. The van der Waals surface area contributed by atoms with E-state index in [1.165, 1.54) is 0 Å². The molecule has 130 valence electrons. The molecule has 0 aromatic heterocycles. The van der Waals surface area contributed by atoms with E-state index in [1.54, 1.807) is 36.4 Å². The van der Waals surface area contributed by atoms with Gasteiger partial charge in [-0.1, -0.05) is 31.2 Å². The van der Waals surface area contributed by atoms with Crippen molar-refractivity contribution in [2.75, 3.05) is 5.73 Å². The third-order valence-corrected chi connectivity index (χ3v) is 5.05. The largest absolute Gasteiger partial charge is 0.481 e. The summed E-state index contributed by atoms with van der Waals surface area (Å²) in [7, 11) is 0. The highest BCUT2D eigenvalue weighted by Crippen LogP contribution is 2.46. The van der Waals surface area contributed by atoms with Crippen molar-refractivity contribution in [2.24, 2.45) is 5.92 Å². The van der Waals surface area contributed by atoms with Gasteiger partial charge in [0, 0.05) is 34.2 Å². The van der Waals surface area contributed by atoms with E-state index in [0.717, 1.165) is 16.5 Å². The summed E-state index contributed by atoms with van der Waals surface area (Å²) >= 11 is 0. The predicted octanol–water partition coefficient (Wildman–Crippen LogP) is 3.68. The molecule has 0 bridgehead atoms. The van der Waals surface area contributed by atoms with E-state index < -0.39 is 17.3 Å². The van der Waals surface area contributed by atoms with Crippen LogP contribution in [0.5, 0.6) is 0 Å². The normalized spacial score (nSPS) is 22.1. The topological polar surface area (TPSA) is 100 Å². The van der Waals surface area contributed by atoms with Crippen LogP contribution in [-0.4, -0.2) is 11.1 Å². The standard InChI is InChI=1S/C21H18N2O3/c1-21(9-3-2-4-16(21)20(24)25)19-14-7-5-12(22)10-17(14)26-18-11-13(23)6-8-15(18)19/h2-11,16,22H,23H2,1H3,(H,24,25). The third-order valence-electron chi connectivity index (χ3n) is 5.05. The number of aliphatic carboxylic acids is 1. The second kappa shape index (κ2) is 5.59. The Labute approximate surface area is 149 Å². The zero-order valence-electron chi connectivity index (χ0n) is 14.2. The Bertz CT molecular complexity index is 1130. The molecule has 2 atom stereocenters. The molecule has 1 aromatic carbocycles. The van der Waals surface area contributed by atoms with Crippen LogP contribution in [0.4, 0.5) is 5.69 Å². The Balaban J connectivity index is 2.16. The molecule has 3 aliphatic rings. The van der Waals surface area contributed by atoms with Gasteiger partial charge in [0.25, 0.3) is 0 Å². The van der Waals surface area contributed by atoms with Gasteiger partial charge in [0.05, 0.1) is 11.3 Å². The van der Waals surface area contributed by atoms with Crippen molar-refractivity contribution in [1.82, 2.24) is 0 Å². The third kappa shape index (κ3) is 2.32. The van der Waals surface area contributed by atoms with Gasteiger partial charge in [0.2, 0.25) is 0 Å². The summed E-state index contributed by atoms with van der Waals surface area (Å²) in [6, 6.07) is 10.5. The van der Waals surface area contributed by atoms with Gasteiger partial charge in [-0.3, -0.25) is 4.79 Å². The summed E-state index contributed by atoms with van der Waals surface area (Å²) in [5, 5.41) is 18.8. The number of nitrogen functional groups attached to an aromatic ring is 1. The van der Waals surface area contributed by atoms with Crippen molar-refractivity contribution in [3.63, 3.8) is 0 Å². The number of allylic oxidation sites excluding steroid dienone is 3. The number of carboxylic acid groups (broad SMARTS) is 1. The molecule has 5 heteroatoms. The second-order valence-electron chi connectivity index (χ2n) is 6.79. The fourth-order valence-corrected chi connectivity index (χ4v) is 3.80. The van der Waals surface area contributed by atoms with E-state index in [4.69, 9.17) is 15.6 Å². The molecule has 0 saturated heterocycles. The van der Waals surface area contributed by atoms with E-state index in [0.29, 0.717) is 22.4 Å². The Kier molecular flexibility index (Phi) is 3.47. The summed E-state index contributed by atoms with van der Waals surface area (Å²) < 4.78 is 5.99. The maximum atomic E-state index is 12.0. The fraction of sp³-hybridized carbons (Fsp3) is 0.143. The van der Waals surface area contributed by atoms with Gasteiger partial charge in [-0.05, 0) is 29.8 Å². The SMILES string of the molecule is CC1(c2c3ccc(=N)cc-3oc3cc(N)ccc23)C=CC=CC1C(=O)O. The average Bonchev–Trinajstić information content (AvgIpc) is 2.59. The maximum absolute atomic E-state index is 12.0. The van der Waals surface area contributed by atoms with Gasteiger partial charge in [-0.2, -0.15) is 0 Å². The van der Waals surface area contributed by atoms with Gasteiger partial charge < -0.3 is 20.7 Å². The molecule has 26 heavy (non-hydrogen) atoms. The molecule has 0 spiro atoms. The van der Waals surface area contributed by atoms with Crippen LogP contribution in [-0.2, 0) is 10.2 Å². The summed E-state index contributed by atoms with van der Waals surface area (Å²) in [6.07, 6.45) is 7.26. The highest BCUT2D eigenvalue weighted by molar-refractivity contribution is 5.93. The summed E-state index contributed by atoms with van der Waals surface area (Å²) in [6.45, 7) is 1.92. The number of carbonyl (C=O) groups is 1. The quantitative estimate of drug-likeness (QED) is 0.487. The number of hydrogen-bond acceptors (Lipinski definition) is 4.